The van der Waals surface area contributed by atoms with Crippen molar-refractivity contribution >= 4 is 17.3 Å². The van der Waals surface area contributed by atoms with Crippen LogP contribution in [0.3, 0.4) is 0 Å². The normalized spacial score (nSPS) is 10.1. The quantitative estimate of drug-likeness (QED) is 0.824. The lowest BCUT2D eigenvalue weighted by atomic mass is 10.2. The van der Waals surface area contributed by atoms with Crippen LogP contribution in [0.25, 0.3) is 0 Å². The first kappa shape index (κ1) is 10.8. The molecule has 2 aromatic rings. The number of benzene rings is 2. The SMILES string of the molecule is Nc1ccc(COc2ccccc2)c(Cl)c1. The zero-order valence-corrected chi connectivity index (χ0v) is 9.45. The maximum atomic E-state index is 6.04. The van der Waals surface area contributed by atoms with Crippen LogP contribution in [0, 0.1) is 0 Å². The molecular formula is C13H12ClNO. The molecule has 0 aliphatic carbocycles. The molecule has 0 saturated heterocycles. The van der Waals surface area contributed by atoms with Crippen LogP contribution in [-0.4, -0.2) is 0 Å². The molecule has 0 bridgehead atoms. The van der Waals surface area contributed by atoms with Gasteiger partial charge in [-0.2, -0.15) is 0 Å². The highest BCUT2D eigenvalue weighted by Crippen LogP contribution is 2.21. The van der Waals surface area contributed by atoms with Gasteiger partial charge >= 0.3 is 0 Å². The van der Waals surface area contributed by atoms with Crippen LogP contribution in [0.15, 0.2) is 48.5 Å². The van der Waals surface area contributed by atoms with Gasteiger partial charge in [0.2, 0.25) is 0 Å². The predicted octanol–water partition coefficient (Wildman–Crippen LogP) is 3.50. The third-order valence-corrected chi connectivity index (χ3v) is 2.57. The summed E-state index contributed by atoms with van der Waals surface area (Å²) in [5.74, 6) is 0.829. The Morgan fingerprint density at radius 3 is 2.50 bits per heavy atom. The molecule has 0 heterocycles. The Balaban J connectivity index is 2.05. The van der Waals surface area contributed by atoms with E-state index in [4.69, 9.17) is 22.1 Å². The van der Waals surface area contributed by atoms with Crippen molar-refractivity contribution in [2.45, 2.75) is 6.61 Å². The van der Waals surface area contributed by atoms with Gasteiger partial charge in [-0.1, -0.05) is 35.9 Å². The van der Waals surface area contributed by atoms with Crippen LogP contribution in [0.1, 0.15) is 5.56 Å². The van der Waals surface area contributed by atoms with E-state index in [0.29, 0.717) is 17.3 Å². The fraction of sp³-hybridized carbons (Fsp3) is 0.0769. The summed E-state index contributed by atoms with van der Waals surface area (Å²) in [5.41, 5.74) is 7.20. The lowest BCUT2D eigenvalue weighted by Crippen LogP contribution is -1.97. The van der Waals surface area contributed by atoms with Gasteiger partial charge in [-0.05, 0) is 24.3 Å². The van der Waals surface area contributed by atoms with Crippen LogP contribution >= 0.6 is 11.6 Å². The van der Waals surface area contributed by atoms with Gasteiger partial charge in [-0.25, -0.2) is 0 Å². The van der Waals surface area contributed by atoms with E-state index in [1.165, 1.54) is 0 Å². The Morgan fingerprint density at radius 1 is 1.06 bits per heavy atom. The molecule has 2 aromatic carbocycles. The van der Waals surface area contributed by atoms with Crippen molar-refractivity contribution < 1.29 is 4.74 Å². The molecule has 82 valence electrons. The standard InChI is InChI=1S/C13H12ClNO/c14-13-8-11(15)7-6-10(13)9-16-12-4-2-1-3-5-12/h1-8H,9,15H2. The number of hydrogen-bond acceptors (Lipinski definition) is 2. The van der Waals surface area contributed by atoms with E-state index in [1.807, 2.05) is 42.5 Å². The smallest absolute Gasteiger partial charge is 0.119 e. The van der Waals surface area contributed by atoms with E-state index in [1.54, 1.807) is 6.07 Å². The summed E-state index contributed by atoms with van der Waals surface area (Å²) in [4.78, 5) is 0. The molecule has 2 N–H and O–H groups in total. The Hall–Kier alpha value is -1.67. The molecular weight excluding hydrogens is 222 g/mol. The molecule has 0 amide bonds. The van der Waals surface area contributed by atoms with Crippen LogP contribution in [0.4, 0.5) is 5.69 Å². The van der Waals surface area contributed by atoms with E-state index in [2.05, 4.69) is 0 Å². The molecule has 0 unspecified atom stereocenters. The summed E-state index contributed by atoms with van der Waals surface area (Å²) in [6, 6.07) is 15.0. The van der Waals surface area contributed by atoms with Gasteiger partial charge in [0.05, 0.1) is 0 Å². The second kappa shape index (κ2) is 4.90. The number of anilines is 1. The maximum absolute atomic E-state index is 6.04. The second-order valence-corrected chi connectivity index (χ2v) is 3.86. The average molecular weight is 234 g/mol. The zero-order valence-electron chi connectivity index (χ0n) is 8.69. The number of rotatable bonds is 3. The lowest BCUT2D eigenvalue weighted by molar-refractivity contribution is 0.306. The molecule has 3 heteroatoms. The van der Waals surface area contributed by atoms with Gasteiger partial charge in [-0.15, -0.1) is 0 Å². The van der Waals surface area contributed by atoms with E-state index in [0.717, 1.165) is 11.3 Å². The monoisotopic (exact) mass is 233 g/mol. The van der Waals surface area contributed by atoms with E-state index in [9.17, 15) is 0 Å². The van der Waals surface area contributed by atoms with Gasteiger partial charge in [-0.3, -0.25) is 0 Å². The van der Waals surface area contributed by atoms with Crippen LogP contribution < -0.4 is 10.5 Å². The van der Waals surface area contributed by atoms with Crippen molar-refractivity contribution in [3.63, 3.8) is 0 Å². The minimum Gasteiger partial charge on any atom is -0.489 e. The van der Waals surface area contributed by atoms with Gasteiger partial charge in [0.15, 0.2) is 0 Å². The maximum Gasteiger partial charge on any atom is 0.119 e. The minimum atomic E-state index is 0.448. The van der Waals surface area contributed by atoms with Gasteiger partial charge < -0.3 is 10.5 Å². The molecule has 2 rings (SSSR count). The highest BCUT2D eigenvalue weighted by molar-refractivity contribution is 6.31. The summed E-state index contributed by atoms with van der Waals surface area (Å²) >= 11 is 6.04. The molecule has 0 saturated carbocycles. The summed E-state index contributed by atoms with van der Waals surface area (Å²) in [5, 5.41) is 0.635. The van der Waals surface area contributed by atoms with Gasteiger partial charge in [0.1, 0.15) is 12.4 Å². The van der Waals surface area contributed by atoms with E-state index in [-0.39, 0.29) is 0 Å². The highest BCUT2D eigenvalue weighted by atomic mass is 35.5. The van der Waals surface area contributed by atoms with Crippen LogP contribution in [-0.2, 0) is 6.61 Å². The first-order valence-electron chi connectivity index (χ1n) is 4.97. The number of para-hydroxylation sites is 1. The number of nitrogen functional groups attached to an aromatic ring is 1. The molecule has 0 atom stereocenters. The van der Waals surface area contributed by atoms with Crippen LogP contribution in [0.2, 0.25) is 5.02 Å². The molecule has 0 aliphatic rings. The molecule has 2 nitrogen and oxygen atoms in total. The Kier molecular flexibility index (Phi) is 3.32. The number of ether oxygens (including phenoxy) is 1. The molecule has 0 aliphatic heterocycles. The summed E-state index contributed by atoms with van der Waals surface area (Å²) in [6.45, 7) is 0.448. The molecule has 0 aromatic heterocycles. The largest absolute Gasteiger partial charge is 0.489 e. The van der Waals surface area contributed by atoms with E-state index >= 15 is 0 Å². The topological polar surface area (TPSA) is 35.2 Å². The Labute approximate surface area is 99.6 Å². The second-order valence-electron chi connectivity index (χ2n) is 3.45. The minimum absolute atomic E-state index is 0.448. The Morgan fingerprint density at radius 2 is 1.81 bits per heavy atom. The highest BCUT2D eigenvalue weighted by Gasteiger charge is 2.01. The summed E-state index contributed by atoms with van der Waals surface area (Å²) in [7, 11) is 0. The Bertz CT molecular complexity index is 471. The summed E-state index contributed by atoms with van der Waals surface area (Å²) in [6.07, 6.45) is 0. The first-order chi connectivity index (χ1) is 7.75. The van der Waals surface area contributed by atoms with Crippen molar-refractivity contribution in [3.8, 4) is 5.75 Å². The third kappa shape index (κ3) is 2.67. The number of hydrogen-bond donors (Lipinski definition) is 1. The fourth-order valence-electron chi connectivity index (χ4n) is 1.36. The average Bonchev–Trinajstić information content (AvgIpc) is 2.29. The number of halogens is 1. The lowest BCUT2D eigenvalue weighted by Gasteiger charge is -2.07. The van der Waals surface area contributed by atoms with Crippen molar-refractivity contribution in [1.29, 1.82) is 0 Å². The molecule has 0 fully saturated rings. The molecule has 16 heavy (non-hydrogen) atoms. The third-order valence-electron chi connectivity index (χ3n) is 2.21. The van der Waals surface area contributed by atoms with Crippen molar-refractivity contribution in [1.82, 2.24) is 0 Å². The fourth-order valence-corrected chi connectivity index (χ4v) is 1.60. The molecule has 0 radical (unpaired) electrons. The predicted molar refractivity (Wildman–Crippen MR) is 66.6 cm³/mol. The van der Waals surface area contributed by atoms with Crippen LogP contribution in [0.5, 0.6) is 5.75 Å². The van der Waals surface area contributed by atoms with Gasteiger partial charge in [0, 0.05) is 16.3 Å². The van der Waals surface area contributed by atoms with Crippen molar-refractivity contribution in [3.05, 3.63) is 59.1 Å². The van der Waals surface area contributed by atoms with Crippen molar-refractivity contribution in [2.24, 2.45) is 0 Å². The van der Waals surface area contributed by atoms with E-state index < -0.39 is 0 Å². The van der Waals surface area contributed by atoms with Crippen molar-refractivity contribution in [2.75, 3.05) is 5.73 Å². The number of nitrogens with two attached hydrogens (primary N) is 1. The summed E-state index contributed by atoms with van der Waals surface area (Å²) < 4.78 is 5.59. The van der Waals surface area contributed by atoms with Gasteiger partial charge in [0.25, 0.3) is 0 Å². The zero-order chi connectivity index (χ0) is 11.4. The molecule has 0 spiro atoms. The first-order valence-corrected chi connectivity index (χ1v) is 5.35.